The second-order valence-corrected chi connectivity index (χ2v) is 19.1. The molecule has 10 aromatic carbocycles. The first-order valence-electron chi connectivity index (χ1n) is 23.3. The number of anilines is 3. The molecule has 0 aliphatic heterocycles. The molecule has 3 aliphatic rings. The highest BCUT2D eigenvalue weighted by atomic mass is 16.3. The highest BCUT2D eigenvalue weighted by molar-refractivity contribution is 6.16. The highest BCUT2D eigenvalue weighted by Crippen LogP contribution is 2.65. The van der Waals surface area contributed by atoms with Crippen molar-refractivity contribution >= 4 is 60.9 Å². The van der Waals surface area contributed by atoms with E-state index in [9.17, 15) is 0 Å². The average Bonchev–Trinajstić information content (AvgIpc) is 4.14. The number of benzene rings is 10. The quantitative estimate of drug-likeness (QED) is 0.177. The summed E-state index contributed by atoms with van der Waals surface area (Å²) in [6.07, 6.45) is 0. The van der Waals surface area contributed by atoms with Crippen LogP contribution >= 0.6 is 0 Å². The van der Waals surface area contributed by atoms with E-state index in [1.165, 1.54) is 72.3 Å². The molecule has 0 atom stereocenters. The van der Waals surface area contributed by atoms with E-state index in [1.54, 1.807) is 0 Å². The van der Waals surface area contributed by atoms with Gasteiger partial charge in [0.1, 0.15) is 22.3 Å². The van der Waals surface area contributed by atoms with Crippen LogP contribution in [-0.4, -0.2) is 0 Å². The molecule has 2 heterocycles. The molecular weight excluding hydrogens is 815 g/mol. The molecule has 3 aliphatic carbocycles. The van der Waals surface area contributed by atoms with E-state index in [0.29, 0.717) is 0 Å². The van der Waals surface area contributed by atoms with Crippen molar-refractivity contribution in [2.45, 2.75) is 24.7 Å². The zero-order valence-electron chi connectivity index (χ0n) is 37.0. The summed E-state index contributed by atoms with van der Waals surface area (Å²) in [4.78, 5) is 2.48. The molecular formula is C64H41NO2. The Kier molecular flexibility index (Phi) is 7.22. The SMILES string of the molecule is CC1(C)c2ccccc2-c2ccc(N(c3ccc4c(c3)oc3cc5c(cc34)oc3ccc(-c4ccccc4)cc35)c3cccc4c3-c3ccccc3C43c4ccccc4-c4ccccc43)cc21. The minimum Gasteiger partial charge on any atom is -0.456 e. The van der Waals surface area contributed by atoms with Crippen molar-refractivity contribution < 1.29 is 8.83 Å². The first-order valence-corrected chi connectivity index (χ1v) is 23.3. The van der Waals surface area contributed by atoms with Crippen LogP contribution < -0.4 is 4.90 Å². The molecule has 0 fully saturated rings. The van der Waals surface area contributed by atoms with Crippen LogP contribution in [0.4, 0.5) is 17.1 Å². The van der Waals surface area contributed by atoms with Crippen LogP contribution in [0.5, 0.6) is 0 Å². The predicted molar refractivity (Wildman–Crippen MR) is 275 cm³/mol. The Morgan fingerprint density at radius 2 is 0.851 bits per heavy atom. The molecule has 0 unspecified atom stereocenters. The van der Waals surface area contributed by atoms with Crippen LogP contribution in [0.25, 0.3) is 88.4 Å². The molecule has 0 radical (unpaired) electrons. The van der Waals surface area contributed by atoms with Crippen LogP contribution in [0.2, 0.25) is 0 Å². The van der Waals surface area contributed by atoms with E-state index in [0.717, 1.165) is 66.5 Å². The van der Waals surface area contributed by atoms with Crippen molar-refractivity contribution in [3.8, 4) is 44.5 Å². The highest BCUT2D eigenvalue weighted by Gasteiger charge is 2.52. The van der Waals surface area contributed by atoms with Crippen LogP contribution in [-0.2, 0) is 10.8 Å². The van der Waals surface area contributed by atoms with Gasteiger partial charge >= 0.3 is 0 Å². The third-order valence-electron chi connectivity index (χ3n) is 15.5. The molecule has 67 heavy (non-hydrogen) atoms. The molecule has 2 aromatic heterocycles. The first-order chi connectivity index (χ1) is 33.0. The van der Waals surface area contributed by atoms with Gasteiger partial charge in [-0.15, -0.1) is 0 Å². The Morgan fingerprint density at radius 3 is 1.58 bits per heavy atom. The largest absolute Gasteiger partial charge is 0.456 e. The second kappa shape index (κ2) is 13.1. The Hall–Kier alpha value is -8.40. The second-order valence-electron chi connectivity index (χ2n) is 19.1. The third kappa shape index (κ3) is 4.80. The molecule has 0 N–H and O–H groups in total. The van der Waals surface area contributed by atoms with Gasteiger partial charge in [-0.2, -0.15) is 0 Å². The number of rotatable bonds is 4. The van der Waals surface area contributed by atoms with Crippen molar-refractivity contribution in [2.75, 3.05) is 4.90 Å². The molecule has 12 aromatic rings. The summed E-state index contributed by atoms with van der Waals surface area (Å²) in [7, 11) is 0. The topological polar surface area (TPSA) is 29.5 Å². The molecule has 1 spiro atoms. The standard InChI is InChI=1S/C64H41NO2/c1-63(2)51-21-10-6-17-42(51)45-30-28-40(34-56(45)63)65(57-26-14-25-55-62(57)47-20-9-13-24-54(47)64(55)52-22-11-7-18-43(52)44-19-8-12-23-53(44)64)41-29-31-46-49-36-61-50(37-60(49)67-59(46)35-41)48-33-39(27-32-58(48)66-61)38-15-4-3-5-16-38/h3-37H,1-2H3. The maximum absolute atomic E-state index is 6.94. The Morgan fingerprint density at radius 1 is 0.328 bits per heavy atom. The summed E-state index contributed by atoms with van der Waals surface area (Å²) in [6.45, 7) is 4.73. The zero-order valence-corrected chi connectivity index (χ0v) is 37.0. The van der Waals surface area contributed by atoms with E-state index in [-0.39, 0.29) is 5.41 Å². The Balaban J connectivity index is 0.966. The molecule has 314 valence electrons. The maximum atomic E-state index is 6.94. The van der Waals surface area contributed by atoms with Crippen LogP contribution in [0.3, 0.4) is 0 Å². The van der Waals surface area contributed by atoms with Crippen LogP contribution in [0.15, 0.2) is 221 Å². The molecule has 0 bridgehead atoms. The monoisotopic (exact) mass is 855 g/mol. The van der Waals surface area contributed by atoms with Crippen molar-refractivity contribution in [3.05, 3.63) is 246 Å². The van der Waals surface area contributed by atoms with E-state index >= 15 is 0 Å². The lowest BCUT2D eigenvalue weighted by Gasteiger charge is -2.32. The van der Waals surface area contributed by atoms with E-state index in [4.69, 9.17) is 8.83 Å². The summed E-state index contributed by atoms with van der Waals surface area (Å²) in [5.74, 6) is 0. The molecule has 0 saturated carbocycles. The normalized spacial score (nSPS) is 14.4. The van der Waals surface area contributed by atoms with Crippen molar-refractivity contribution in [1.82, 2.24) is 0 Å². The Labute approximate surface area is 387 Å². The van der Waals surface area contributed by atoms with Gasteiger partial charge in [0.25, 0.3) is 0 Å². The van der Waals surface area contributed by atoms with Crippen molar-refractivity contribution in [2.24, 2.45) is 0 Å². The van der Waals surface area contributed by atoms with Crippen molar-refractivity contribution in [3.63, 3.8) is 0 Å². The van der Waals surface area contributed by atoms with Gasteiger partial charge < -0.3 is 13.7 Å². The van der Waals surface area contributed by atoms with E-state index in [1.807, 2.05) is 0 Å². The number of fused-ring (bicyclic) bond motifs is 19. The van der Waals surface area contributed by atoms with Gasteiger partial charge in [-0.25, -0.2) is 0 Å². The molecule has 0 amide bonds. The van der Waals surface area contributed by atoms with Gasteiger partial charge in [-0.3, -0.25) is 0 Å². The van der Waals surface area contributed by atoms with Gasteiger partial charge in [-0.1, -0.05) is 166 Å². The lowest BCUT2D eigenvalue weighted by molar-refractivity contribution is 0.660. The fraction of sp³-hybridized carbons (Fsp3) is 0.0625. The lowest BCUT2D eigenvalue weighted by Crippen LogP contribution is -2.26. The molecule has 3 heteroatoms. The average molecular weight is 856 g/mol. The predicted octanol–water partition coefficient (Wildman–Crippen LogP) is 17.3. The maximum Gasteiger partial charge on any atom is 0.137 e. The van der Waals surface area contributed by atoms with E-state index < -0.39 is 5.41 Å². The first kappa shape index (κ1) is 36.9. The third-order valence-corrected chi connectivity index (χ3v) is 15.5. The lowest BCUT2D eigenvalue weighted by atomic mass is 9.70. The molecule has 3 nitrogen and oxygen atoms in total. The number of hydrogen-bond acceptors (Lipinski definition) is 3. The summed E-state index contributed by atoms with van der Waals surface area (Å²) >= 11 is 0. The molecule has 0 saturated heterocycles. The summed E-state index contributed by atoms with van der Waals surface area (Å²) in [6, 6.07) is 78.2. The fourth-order valence-electron chi connectivity index (χ4n) is 12.6. The van der Waals surface area contributed by atoms with Gasteiger partial charge in [-0.05, 0) is 127 Å². The number of hydrogen-bond donors (Lipinski definition) is 0. The van der Waals surface area contributed by atoms with Crippen molar-refractivity contribution in [1.29, 1.82) is 0 Å². The number of furan rings is 2. The van der Waals surface area contributed by atoms with E-state index in [2.05, 4.69) is 231 Å². The summed E-state index contributed by atoms with van der Waals surface area (Å²) in [5, 5.41) is 4.22. The Bertz CT molecular complexity index is 4040. The van der Waals surface area contributed by atoms with Crippen LogP contribution in [0.1, 0.15) is 47.2 Å². The van der Waals surface area contributed by atoms with Gasteiger partial charge in [0.2, 0.25) is 0 Å². The number of nitrogens with zero attached hydrogens (tertiary/aromatic N) is 1. The van der Waals surface area contributed by atoms with Gasteiger partial charge in [0.15, 0.2) is 0 Å². The van der Waals surface area contributed by atoms with Gasteiger partial charge in [0, 0.05) is 50.0 Å². The molecule has 15 rings (SSSR count). The minimum absolute atomic E-state index is 0.175. The fourth-order valence-corrected chi connectivity index (χ4v) is 12.6. The zero-order chi connectivity index (χ0) is 44.2. The summed E-state index contributed by atoms with van der Waals surface area (Å²) in [5.41, 5.74) is 24.1. The summed E-state index contributed by atoms with van der Waals surface area (Å²) < 4.78 is 13.5. The van der Waals surface area contributed by atoms with Gasteiger partial charge in [0.05, 0.1) is 11.1 Å². The smallest absolute Gasteiger partial charge is 0.137 e. The van der Waals surface area contributed by atoms with Crippen LogP contribution in [0, 0.1) is 0 Å². The minimum atomic E-state index is -0.464.